The zero-order chi connectivity index (χ0) is 25.2. The second-order valence-electron chi connectivity index (χ2n) is 7.17. The Bertz CT molecular complexity index is 333. The van der Waals surface area contributed by atoms with Crippen LogP contribution in [0.4, 0.5) is 0 Å². The van der Waals surface area contributed by atoms with E-state index >= 15 is 0 Å². The van der Waals surface area contributed by atoms with Gasteiger partial charge in [0.25, 0.3) is 0 Å². The number of hydrogen-bond acceptors (Lipinski definition) is 0. The Morgan fingerprint density at radius 1 is 0.343 bits per heavy atom. The van der Waals surface area contributed by atoms with Crippen molar-refractivity contribution in [1.29, 1.82) is 0 Å². The molecule has 0 unspecified atom stereocenters. The Labute approximate surface area is 284 Å². The maximum Gasteiger partial charge on any atom is 0 e. The molecule has 0 heterocycles. The first kappa shape index (κ1) is 70.8. The molecule has 6 nitrogen and oxygen atoms in total. The molecule has 3 rings (SSSR count). The molecule has 0 amide bonds. The molecule has 0 saturated heterocycles. The first-order valence-corrected chi connectivity index (χ1v) is 9.91. The maximum absolute atomic E-state index is 7.50. The third-order valence-electron chi connectivity index (χ3n) is 4.93. The van der Waals surface area contributed by atoms with Crippen molar-refractivity contribution >= 4 is 52.4 Å². The SMILES string of the molecule is CC1CCCC1.CC1CCCC1.CC1CCCC1.[Bi].[Bi].[C-]#[O+].[C-]#[O+].[C-]#[O+].[C-]#[O+].[C-]#[O+].[C-]#[O+].[Mn].[Mn].[Mn]. The molecule has 3 saturated carbocycles. The second-order valence-corrected chi connectivity index (χ2v) is 7.17. The predicted molar refractivity (Wildman–Crippen MR) is 118 cm³/mol. The average Bonchev–Trinajstić information content (AvgIpc) is 3.63. The third-order valence-corrected chi connectivity index (χ3v) is 4.93. The predicted octanol–water partition coefficient (Wildman–Crippen LogP) is 5.60. The quantitative estimate of drug-likeness (QED) is 0.171. The van der Waals surface area contributed by atoms with Gasteiger partial charge in [-0.05, 0) is 17.8 Å². The summed E-state index contributed by atoms with van der Waals surface area (Å²) in [5, 5.41) is 0. The van der Waals surface area contributed by atoms with Crippen LogP contribution in [-0.4, -0.2) is 52.4 Å². The van der Waals surface area contributed by atoms with Crippen LogP contribution < -0.4 is 0 Å². The minimum Gasteiger partial charge on any atom is 0 e. The Morgan fingerprint density at radius 2 is 0.429 bits per heavy atom. The van der Waals surface area contributed by atoms with Crippen LogP contribution in [0, 0.1) is 57.7 Å². The van der Waals surface area contributed by atoms with Crippen molar-refractivity contribution in [3.8, 4) is 0 Å². The van der Waals surface area contributed by atoms with Gasteiger partial charge in [-0.15, -0.1) is 0 Å². The second kappa shape index (κ2) is 83.4. The fourth-order valence-electron chi connectivity index (χ4n) is 3.39. The van der Waals surface area contributed by atoms with Crippen LogP contribution in [0.15, 0.2) is 0 Å². The van der Waals surface area contributed by atoms with Crippen LogP contribution in [0.1, 0.15) is 97.8 Å². The normalized spacial score (nSPS) is 13.5. The van der Waals surface area contributed by atoms with Gasteiger partial charge >= 0.3 is 67.8 Å². The van der Waals surface area contributed by atoms with Crippen molar-refractivity contribution in [3.05, 3.63) is 39.9 Å². The molecule has 0 aliphatic heterocycles. The zero-order valence-electron chi connectivity index (χ0n) is 20.7. The summed E-state index contributed by atoms with van der Waals surface area (Å²) in [6.07, 6.45) is 17.8. The molecule has 0 atom stereocenters. The van der Waals surface area contributed by atoms with Crippen molar-refractivity contribution in [2.45, 2.75) is 97.8 Å². The van der Waals surface area contributed by atoms with Gasteiger partial charge in [0.05, 0.1) is 0 Å². The van der Waals surface area contributed by atoms with Crippen molar-refractivity contribution in [2.24, 2.45) is 17.8 Å². The van der Waals surface area contributed by atoms with Crippen LogP contribution >= 0.6 is 0 Å². The van der Waals surface area contributed by atoms with E-state index in [9.17, 15) is 0 Å². The van der Waals surface area contributed by atoms with Gasteiger partial charge in [-0.3, -0.25) is 0 Å². The summed E-state index contributed by atoms with van der Waals surface area (Å²) in [5.41, 5.74) is 0. The van der Waals surface area contributed by atoms with E-state index in [2.05, 4.69) is 60.7 Å². The van der Waals surface area contributed by atoms with E-state index in [1.165, 1.54) is 77.0 Å². The molecule has 3 aliphatic rings. The molecule has 0 aromatic heterocycles. The van der Waals surface area contributed by atoms with Gasteiger partial charge in [-0.2, -0.15) is 0 Å². The number of rotatable bonds is 0. The fourth-order valence-corrected chi connectivity index (χ4v) is 3.39. The molecular weight excluding hydrogens is 967 g/mol. The summed E-state index contributed by atoms with van der Waals surface area (Å²) >= 11 is 0. The van der Waals surface area contributed by atoms with Gasteiger partial charge in [-0.1, -0.05) is 97.8 Å². The molecule has 35 heavy (non-hydrogen) atoms. The third kappa shape index (κ3) is 78.7. The van der Waals surface area contributed by atoms with E-state index in [1.807, 2.05) is 0 Å². The molecule has 0 aromatic carbocycles. The van der Waals surface area contributed by atoms with Crippen LogP contribution in [-0.2, 0) is 79.1 Å². The maximum atomic E-state index is 7.50. The monoisotopic (exact) mass is 1000 g/mol. The van der Waals surface area contributed by atoms with Crippen LogP contribution in [0.2, 0.25) is 0 Å². The molecule has 0 spiro atoms. The van der Waals surface area contributed by atoms with Crippen molar-refractivity contribution < 1.29 is 79.1 Å². The summed E-state index contributed by atoms with van der Waals surface area (Å²) in [4.78, 5) is 0. The zero-order valence-corrected chi connectivity index (χ0v) is 31.2. The van der Waals surface area contributed by atoms with E-state index in [4.69, 9.17) is 27.9 Å². The first-order chi connectivity index (χ1) is 14.7. The molecule has 3 aliphatic carbocycles. The Hall–Kier alpha value is 1.76. The molecular formula is C24H36Bi2Mn3O6. The molecule has 11 heteroatoms. The van der Waals surface area contributed by atoms with Gasteiger partial charge in [0, 0.05) is 104 Å². The molecule has 0 aromatic rings. The minimum atomic E-state index is 0. The standard InChI is InChI=1S/3C6H12.6CO.2Bi.3Mn/c3*1-6-4-2-3-5-6;6*1-2;;;;;/h3*6H,2-5H2,1H3;;;;;;;;;;;. The van der Waals surface area contributed by atoms with E-state index in [1.54, 1.807) is 0 Å². The number of hydrogen-bond donors (Lipinski definition) is 0. The van der Waals surface area contributed by atoms with Gasteiger partial charge in [0.15, 0.2) is 0 Å². The summed E-state index contributed by atoms with van der Waals surface area (Å²) in [7, 11) is 0. The Balaban J connectivity index is -0.0000000214. The van der Waals surface area contributed by atoms with Crippen LogP contribution in [0.25, 0.3) is 0 Å². The van der Waals surface area contributed by atoms with Gasteiger partial charge < -0.3 is 0 Å². The molecule has 3 fully saturated rings. The summed E-state index contributed by atoms with van der Waals surface area (Å²) < 4.78 is 45.0. The van der Waals surface area contributed by atoms with E-state index in [-0.39, 0.29) is 104 Å². The van der Waals surface area contributed by atoms with Crippen molar-refractivity contribution in [2.75, 3.05) is 0 Å². The fraction of sp³-hybridized carbons (Fsp3) is 0.750. The van der Waals surface area contributed by atoms with Crippen LogP contribution in [0.3, 0.4) is 0 Å². The van der Waals surface area contributed by atoms with Gasteiger partial charge in [-0.25, -0.2) is 0 Å². The van der Waals surface area contributed by atoms with Crippen LogP contribution in [0.5, 0.6) is 0 Å². The van der Waals surface area contributed by atoms with Crippen molar-refractivity contribution in [3.63, 3.8) is 0 Å². The molecule has 9 radical (unpaired) electrons. The molecule has 0 bridgehead atoms. The van der Waals surface area contributed by atoms with Gasteiger partial charge in [0.2, 0.25) is 0 Å². The van der Waals surface area contributed by atoms with E-state index in [0.29, 0.717) is 0 Å². The minimum absolute atomic E-state index is 0. The van der Waals surface area contributed by atoms with E-state index in [0.717, 1.165) is 17.8 Å². The average molecular weight is 1000 g/mol. The summed E-state index contributed by atoms with van der Waals surface area (Å²) in [6, 6.07) is 0. The van der Waals surface area contributed by atoms with Gasteiger partial charge in [0.1, 0.15) is 0 Å². The summed E-state index contributed by atoms with van der Waals surface area (Å²) in [6.45, 7) is 34.0. The summed E-state index contributed by atoms with van der Waals surface area (Å²) in [5.74, 6) is 3.14. The first-order valence-electron chi connectivity index (χ1n) is 9.91. The largest absolute Gasteiger partial charge is 0 e. The van der Waals surface area contributed by atoms with Crippen molar-refractivity contribution in [1.82, 2.24) is 0 Å². The Morgan fingerprint density at radius 3 is 0.457 bits per heavy atom. The molecule has 0 N–H and O–H groups in total. The van der Waals surface area contributed by atoms with E-state index < -0.39 is 0 Å². The smallest absolute Gasteiger partial charge is 0 e. The Kier molecular flexibility index (Phi) is 169. The topological polar surface area (TPSA) is 119 Å². The molecule has 199 valence electrons.